The molecule has 0 radical (unpaired) electrons. The highest BCUT2D eigenvalue weighted by molar-refractivity contribution is 6.06. The van der Waals surface area contributed by atoms with Gasteiger partial charge in [0.05, 0.1) is 42.8 Å². The number of ether oxygens (including phenoxy) is 2. The van der Waals surface area contributed by atoms with Crippen molar-refractivity contribution >= 4 is 16.8 Å². The van der Waals surface area contributed by atoms with Gasteiger partial charge in [0.1, 0.15) is 6.10 Å². The predicted molar refractivity (Wildman–Crippen MR) is 120 cm³/mol. The minimum absolute atomic E-state index is 0.0350. The van der Waals surface area contributed by atoms with E-state index < -0.39 is 0 Å². The zero-order valence-electron chi connectivity index (χ0n) is 18.4. The summed E-state index contributed by atoms with van der Waals surface area (Å²) in [6.45, 7) is 8.40. The Labute approximate surface area is 187 Å². The summed E-state index contributed by atoms with van der Waals surface area (Å²) in [6.07, 6.45) is 3.85. The number of pyridine rings is 1. The number of amides is 1. The van der Waals surface area contributed by atoms with E-state index in [1.807, 2.05) is 46.1 Å². The summed E-state index contributed by atoms with van der Waals surface area (Å²) in [5.41, 5.74) is 3.53. The first kappa shape index (κ1) is 21.1. The molecule has 1 atom stereocenters. The average molecular weight is 436 g/mol. The van der Waals surface area contributed by atoms with Crippen LogP contribution in [0.3, 0.4) is 0 Å². The molecule has 1 amide bonds. The molecule has 2 aromatic heterocycles. The van der Waals surface area contributed by atoms with Gasteiger partial charge >= 0.3 is 0 Å². The van der Waals surface area contributed by atoms with E-state index in [1.54, 1.807) is 0 Å². The number of aromatic nitrogens is 3. The van der Waals surface area contributed by atoms with Gasteiger partial charge in [-0.05, 0) is 19.1 Å². The van der Waals surface area contributed by atoms with Crippen LogP contribution in [0.1, 0.15) is 34.6 Å². The molecule has 4 heterocycles. The molecule has 3 aromatic rings. The quantitative estimate of drug-likeness (QED) is 0.613. The van der Waals surface area contributed by atoms with Gasteiger partial charge in [0.15, 0.2) is 0 Å². The normalized spacial score (nSPS) is 20.0. The van der Waals surface area contributed by atoms with E-state index in [-0.39, 0.29) is 12.0 Å². The maximum Gasteiger partial charge on any atom is 0.254 e. The Morgan fingerprint density at radius 1 is 1.16 bits per heavy atom. The number of aryl methyl sites for hydroxylation is 1. The molecule has 0 N–H and O–H groups in total. The lowest BCUT2D eigenvalue weighted by Gasteiger charge is -2.33. The summed E-state index contributed by atoms with van der Waals surface area (Å²) in [7, 11) is 0. The fraction of sp³-hybridized carbons (Fsp3) is 0.458. The molecule has 8 heteroatoms. The molecule has 168 valence electrons. The number of morpholine rings is 2. The number of carbonyl (C=O) groups is 1. The topological polar surface area (TPSA) is 72.7 Å². The number of hydrogen-bond acceptors (Lipinski definition) is 6. The van der Waals surface area contributed by atoms with Crippen molar-refractivity contribution in [2.45, 2.75) is 26.1 Å². The van der Waals surface area contributed by atoms with Crippen LogP contribution >= 0.6 is 0 Å². The van der Waals surface area contributed by atoms with Crippen LogP contribution in [0.4, 0.5) is 0 Å². The van der Waals surface area contributed by atoms with Crippen molar-refractivity contribution in [1.82, 2.24) is 24.6 Å². The van der Waals surface area contributed by atoms with Gasteiger partial charge in [0.25, 0.3) is 5.91 Å². The highest BCUT2D eigenvalue weighted by atomic mass is 16.5. The van der Waals surface area contributed by atoms with Gasteiger partial charge in [-0.25, -0.2) is 4.98 Å². The summed E-state index contributed by atoms with van der Waals surface area (Å²) < 4.78 is 13.5. The Morgan fingerprint density at radius 2 is 2.00 bits per heavy atom. The lowest BCUT2D eigenvalue weighted by atomic mass is 10.0. The summed E-state index contributed by atoms with van der Waals surface area (Å²) in [6, 6.07) is 9.79. The van der Waals surface area contributed by atoms with Gasteiger partial charge in [0, 0.05) is 56.4 Å². The number of nitrogens with zero attached hydrogens (tertiary/aromatic N) is 5. The second-order valence-electron chi connectivity index (χ2n) is 8.32. The summed E-state index contributed by atoms with van der Waals surface area (Å²) >= 11 is 0. The molecule has 0 aliphatic carbocycles. The van der Waals surface area contributed by atoms with Gasteiger partial charge in [-0.2, -0.15) is 5.10 Å². The molecule has 0 spiro atoms. The van der Waals surface area contributed by atoms with E-state index in [0.29, 0.717) is 38.5 Å². The molecular formula is C24H29N5O3. The number of rotatable bonds is 5. The standard InChI is InChI=1S/C24H29N5O3/c1-2-29-16-18(14-25-29)15-27-7-12-32-23(17-27)22-13-20(19-5-3-4-6-21(19)26-22)24(30)28-8-10-31-11-9-28/h3-6,13-14,16,23H,2,7-12,15,17H2,1H3/t23-/m1/s1. The molecule has 32 heavy (non-hydrogen) atoms. The van der Waals surface area contributed by atoms with E-state index in [4.69, 9.17) is 14.5 Å². The zero-order valence-corrected chi connectivity index (χ0v) is 18.4. The van der Waals surface area contributed by atoms with Crippen molar-refractivity contribution in [2.24, 2.45) is 0 Å². The maximum atomic E-state index is 13.4. The largest absolute Gasteiger partial charge is 0.378 e. The molecule has 0 saturated carbocycles. The average Bonchev–Trinajstić information content (AvgIpc) is 3.31. The van der Waals surface area contributed by atoms with Crippen LogP contribution < -0.4 is 0 Å². The molecule has 8 nitrogen and oxygen atoms in total. The van der Waals surface area contributed by atoms with Crippen molar-refractivity contribution in [3.63, 3.8) is 0 Å². The van der Waals surface area contributed by atoms with Crippen LogP contribution in [-0.4, -0.2) is 76.5 Å². The minimum atomic E-state index is -0.175. The van der Waals surface area contributed by atoms with E-state index in [2.05, 4.69) is 23.1 Å². The van der Waals surface area contributed by atoms with Crippen LogP contribution in [0.25, 0.3) is 10.9 Å². The van der Waals surface area contributed by atoms with E-state index in [9.17, 15) is 4.79 Å². The highest BCUT2D eigenvalue weighted by Gasteiger charge is 2.27. The van der Waals surface area contributed by atoms with E-state index >= 15 is 0 Å². The fourth-order valence-corrected chi connectivity index (χ4v) is 4.42. The Morgan fingerprint density at radius 3 is 2.81 bits per heavy atom. The second-order valence-corrected chi connectivity index (χ2v) is 8.32. The number of benzene rings is 1. The number of hydrogen-bond donors (Lipinski definition) is 0. The summed E-state index contributed by atoms with van der Waals surface area (Å²) in [5, 5.41) is 5.26. The number of carbonyl (C=O) groups excluding carboxylic acids is 1. The predicted octanol–water partition coefficient (Wildman–Crippen LogP) is 2.50. The first-order valence-corrected chi connectivity index (χ1v) is 11.3. The van der Waals surface area contributed by atoms with Crippen LogP contribution in [0.2, 0.25) is 0 Å². The van der Waals surface area contributed by atoms with Gasteiger partial charge in [-0.1, -0.05) is 18.2 Å². The molecule has 1 aromatic carbocycles. The van der Waals surface area contributed by atoms with Gasteiger partial charge in [0.2, 0.25) is 0 Å². The van der Waals surface area contributed by atoms with Crippen molar-refractivity contribution < 1.29 is 14.3 Å². The first-order chi connectivity index (χ1) is 15.7. The fourth-order valence-electron chi connectivity index (χ4n) is 4.42. The number of fused-ring (bicyclic) bond motifs is 1. The number of para-hydroxylation sites is 1. The second kappa shape index (κ2) is 9.36. The van der Waals surface area contributed by atoms with Gasteiger partial charge < -0.3 is 14.4 Å². The van der Waals surface area contributed by atoms with E-state index in [0.717, 1.165) is 42.8 Å². The molecule has 0 unspecified atom stereocenters. The lowest BCUT2D eigenvalue weighted by Crippen LogP contribution is -2.41. The van der Waals surface area contributed by atoms with Gasteiger partial charge in [-0.15, -0.1) is 0 Å². The van der Waals surface area contributed by atoms with Crippen LogP contribution in [0.15, 0.2) is 42.7 Å². The van der Waals surface area contributed by atoms with Crippen molar-refractivity contribution in [1.29, 1.82) is 0 Å². The highest BCUT2D eigenvalue weighted by Crippen LogP contribution is 2.27. The van der Waals surface area contributed by atoms with Crippen LogP contribution in [0.5, 0.6) is 0 Å². The Bertz CT molecular complexity index is 1090. The van der Waals surface area contributed by atoms with E-state index in [1.165, 1.54) is 5.56 Å². The van der Waals surface area contributed by atoms with Crippen molar-refractivity contribution in [3.8, 4) is 0 Å². The third-order valence-corrected chi connectivity index (χ3v) is 6.16. The summed E-state index contributed by atoms with van der Waals surface area (Å²) in [4.78, 5) is 22.5. The maximum absolute atomic E-state index is 13.4. The molecule has 5 rings (SSSR count). The lowest BCUT2D eigenvalue weighted by molar-refractivity contribution is -0.0348. The van der Waals surface area contributed by atoms with Crippen LogP contribution in [0, 0.1) is 0 Å². The Hall–Kier alpha value is -2.81. The van der Waals surface area contributed by atoms with Gasteiger partial charge in [-0.3, -0.25) is 14.4 Å². The third-order valence-electron chi connectivity index (χ3n) is 6.16. The minimum Gasteiger partial charge on any atom is -0.378 e. The smallest absolute Gasteiger partial charge is 0.254 e. The third kappa shape index (κ3) is 4.39. The Balaban J connectivity index is 1.41. The van der Waals surface area contributed by atoms with Crippen molar-refractivity contribution in [2.75, 3.05) is 46.0 Å². The molecule has 0 bridgehead atoms. The zero-order chi connectivity index (χ0) is 21.9. The molecule has 2 saturated heterocycles. The van der Waals surface area contributed by atoms with Crippen LogP contribution in [-0.2, 0) is 22.6 Å². The SMILES string of the molecule is CCn1cc(CN2CCO[C@@H](c3cc(C(=O)N4CCOCC4)c4ccccc4n3)C2)cn1. The molecule has 2 aliphatic rings. The Kier molecular flexibility index (Phi) is 6.16. The first-order valence-electron chi connectivity index (χ1n) is 11.3. The van der Waals surface area contributed by atoms with Crippen molar-refractivity contribution in [3.05, 3.63) is 59.5 Å². The molecule has 2 fully saturated rings. The molecular weight excluding hydrogens is 406 g/mol. The molecule has 2 aliphatic heterocycles. The summed E-state index contributed by atoms with van der Waals surface area (Å²) in [5.74, 6) is 0.0350. The monoisotopic (exact) mass is 435 g/mol.